The molecule has 2 N–H and O–H groups in total. The first-order chi connectivity index (χ1) is 7.64. The Morgan fingerprint density at radius 3 is 2.50 bits per heavy atom. The first-order valence-corrected chi connectivity index (χ1v) is 5.74. The number of nitrogens with one attached hydrogen (secondary N) is 1. The fourth-order valence-electron chi connectivity index (χ4n) is 1.96. The van der Waals surface area contributed by atoms with Crippen LogP contribution in [0.15, 0.2) is 24.3 Å². The summed E-state index contributed by atoms with van der Waals surface area (Å²) in [6.45, 7) is 2.88. The normalized spacial score (nSPS) is 19.4. The average Bonchev–Trinajstić information content (AvgIpc) is 3.12. The molecule has 0 heterocycles. The molecule has 0 aromatic heterocycles. The summed E-state index contributed by atoms with van der Waals surface area (Å²) in [4.78, 5) is 0. The molecule has 1 saturated carbocycles. The van der Waals surface area contributed by atoms with Crippen LogP contribution in [0, 0.1) is 11.7 Å². The molecule has 1 aromatic rings. The van der Waals surface area contributed by atoms with Gasteiger partial charge in [0.2, 0.25) is 0 Å². The van der Waals surface area contributed by atoms with Gasteiger partial charge in [-0.25, -0.2) is 4.39 Å². The third-order valence-corrected chi connectivity index (χ3v) is 3.42. The summed E-state index contributed by atoms with van der Waals surface area (Å²) in [5, 5.41) is 12.8. The molecule has 0 aliphatic heterocycles. The van der Waals surface area contributed by atoms with Crippen LogP contribution < -0.4 is 5.32 Å². The lowest BCUT2D eigenvalue weighted by Crippen LogP contribution is -2.47. The van der Waals surface area contributed by atoms with Crippen molar-refractivity contribution in [2.45, 2.75) is 31.8 Å². The second-order valence-electron chi connectivity index (χ2n) is 4.83. The summed E-state index contributed by atoms with van der Waals surface area (Å²) in [7, 11) is 0. The summed E-state index contributed by atoms with van der Waals surface area (Å²) >= 11 is 0. The van der Waals surface area contributed by atoms with Crippen LogP contribution in [0.4, 0.5) is 4.39 Å². The molecule has 0 bridgehead atoms. The summed E-state index contributed by atoms with van der Waals surface area (Å²) in [5.41, 5.74) is 0.857. The molecule has 2 rings (SSSR count). The molecular weight excluding hydrogens is 205 g/mol. The molecule has 1 atom stereocenters. The van der Waals surface area contributed by atoms with Crippen LogP contribution in [0.5, 0.6) is 0 Å². The number of rotatable bonds is 5. The van der Waals surface area contributed by atoms with Gasteiger partial charge in [-0.2, -0.15) is 0 Å². The molecule has 16 heavy (non-hydrogen) atoms. The van der Waals surface area contributed by atoms with Gasteiger partial charge >= 0.3 is 0 Å². The zero-order valence-corrected chi connectivity index (χ0v) is 9.54. The number of benzene rings is 1. The molecule has 0 saturated heterocycles. The van der Waals surface area contributed by atoms with Gasteiger partial charge in [-0.15, -0.1) is 0 Å². The van der Waals surface area contributed by atoms with Crippen molar-refractivity contribution >= 4 is 0 Å². The zero-order valence-electron chi connectivity index (χ0n) is 9.54. The van der Waals surface area contributed by atoms with Crippen molar-refractivity contribution in [2.24, 2.45) is 5.92 Å². The molecule has 1 aliphatic rings. The fraction of sp³-hybridized carbons (Fsp3) is 0.538. The smallest absolute Gasteiger partial charge is 0.123 e. The highest BCUT2D eigenvalue weighted by atomic mass is 19.1. The molecule has 1 unspecified atom stereocenters. The molecular formula is C13H18FNO. The molecule has 1 aromatic carbocycles. The van der Waals surface area contributed by atoms with Gasteiger partial charge in [-0.3, -0.25) is 0 Å². The highest BCUT2D eigenvalue weighted by molar-refractivity contribution is 5.16. The third-order valence-electron chi connectivity index (χ3n) is 3.42. The van der Waals surface area contributed by atoms with Crippen LogP contribution in [-0.4, -0.2) is 17.3 Å². The Morgan fingerprint density at radius 1 is 1.38 bits per heavy atom. The average molecular weight is 223 g/mol. The van der Waals surface area contributed by atoms with Crippen LogP contribution >= 0.6 is 0 Å². The minimum Gasteiger partial charge on any atom is -0.394 e. The van der Waals surface area contributed by atoms with Crippen molar-refractivity contribution in [3.8, 4) is 0 Å². The quantitative estimate of drug-likeness (QED) is 0.801. The Labute approximate surface area is 95.5 Å². The Bertz CT molecular complexity index is 347. The SMILES string of the molecule is CC(CO)(NCc1ccc(F)cc1)C1CC1. The van der Waals surface area contributed by atoms with Crippen molar-refractivity contribution in [3.63, 3.8) is 0 Å². The van der Waals surface area contributed by atoms with E-state index in [1.54, 1.807) is 12.1 Å². The van der Waals surface area contributed by atoms with Gasteiger partial charge in [0, 0.05) is 12.1 Å². The summed E-state index contributed by atoms with van der Waals surface area (Å²) < 4.78 is 12.7. The number of halogens is 1. The minimum absolute atomic E-state index is 0.152. The largest absolute Gasteiger partial charge is 0.394 e. The van der Waals surface area contributed by atoms with Crippen LogP contribution in [-0.2, 0) is 6.54 Å². The number of aliphatic hydroxyl groups excluding tert-OH is 1. The Hall–Kier alpha value is -0.930. The van der Waals surface area contributed by atoms with Crippen molar-refractivity contribution in [1.29, 1.82) is 0 Å². The summed E-state index contributed by atoms with van der Waals surface area (Å²) in [6, 6.07) is 6.47. The number of hydrogen-bond donors (Lipinski definition) is 2. The van der Waals surface area contributed by atoms with Crippen LogP contribution in [0.25, 0.3) is 0 Å². The van der Waals surface area contributed by atoms with E-state index >= 15 is 0 Å². The van der Waals surface area contributed by atoms with E-state index in [2.05, 4.69) is 5.32 Å². The first-order valence-electron chi connectivity index (χ1n) is 5.74. The zero-order chi connectivity index (χ0) is 11.6. The van der Waals surface area contributed by atoms with Crippen LogP contribution in [0.1, 0.15) is 25.3 Å². The van der Waals surface area contributed by atoms with Gasteiger partial charge < -0.3 is 10.4 Å². The van der Waals surface area contributed by atoms with Crippen molar-refractivity contribution in [3.05, 3.63) is 35.6 Å². The van der Waals surface area contributed by atoms with Gasteiger partial charge in [0.15, 0.2) is 0 Å². The maximum atomic E-state index is 12.7. The van der Waals surface area contributed by atoms with E-state index in [-0.39, 0.29) is 18.0 Å². The summed E-state index contributed by atoms with van der Waals surface area (Å²) in [5.74, 6) is 0.369. The van der Waals surface area contributed by atoms with E-state index in [1.165, 1.54) is 25.0 Å². The highest BCUT2D eigenvalue weighted by Gasteiger charge is 2.40. The molecule has 0 radical (unpaired) electrons. The van der Waals surface area contributed by atoms with Gasteiger partial charge in [0.1, 0.15) is 5.82 Å². The Morgan fingerprint density at radius 2 is 2.00 bits per heavy atom. The van der Waals surface area contributed by atoms with Crippen LogP contribution in [0.3, 0.4) is 0 Å². The maximum absolute atomic E-state index is 12.7. The lowest BCUT2D eigenvalue weighted by Gasteiger charge is -2.29. The van der Waals surface area contributed by atoms with Gasteiger partial charge in [0.25, 0.3) is 0 Å². The second kappa shape index (κ2) is 4.52. The molecule has 1 fully saturated rings. The molecule has 2 nitrogen and oxygen atoms in total. The predicted molar refractivity (Wildman–Crippen MR) is 61.5 cm³/mol. The number of aliphatic hydroxyl groups is 1. The van der Waals surface area contributed by atoms with Gasteiger partial charge in [-0.05, 0) is 43.4 Å². The van der Waals surface area contributed by atoms with E-state index in [0.29, 0.717) is 12.5 Å². The minimum atomic E-state index is -0.212. The van der Waals surface area contributed by atoms with E-state index in [9.17, 15) is 9.50 Å². The molecule has 0 amide bonds. The van der Waals surface area contributed by atoms with Gasteiger partial charge in [0.05, 0.1) is 6.61 Å². The van der Waals surface area contributed by atoms with Gasteiger partial charge in [-0.1, -0.05) is 12.1 Å². The monoisotopic (exact) mass is 223 g/mol. The number of hydrogen-bond acceptors (Lipinski definition) is 2. The molecule has 3 heteroatoms. The predicted octanol–water partition coefficient (Wildman–Crippen LogP) is 2.08. The topological polar surface area (TPSA) is 32.3 Å². The molecule has 0 spiro atoms. The van der Waals surface area contributed by atoms with E-state index < -0.39 is 0 Å². The fourth-order valence-corrected chi connectivity index (χ4v) is 1.96. The van der Waals surface area contributed by atoms with E-state index in [1.807, 2.05) is 6.92 Å². The molecule has 88 valence electrons. The highest BCUT2D eigenvalue weighted by Crippen LogP contribution is 2.39. The van der Waals surface area contributed by atoms with Crippen molar-refractivity contribution in [1.82, 2.24) is 5.32 Å². The Balaban J connectivity index is 1.92. The lowest BCUT2D eigenvalue weighted by molar-refractivity contribution is 0.153. The van der Waals surface area contributed by atoms with Crippen molar-refractivity contribution in [2.75, 3.05) is 6.61 Å². The second-order valence-corrected chi connectivity index (χ2v) is 4.83. The maximum Gasteiger partial charge on any atom is 0.123 e. The summed E-state index contributed by atoms with van der Waals surface area (Å²) in [6.07, 6.45) is 2.38. The standard InChI is InChI=1S/C13H18FNO/c1-13(9-16,11-4-5-11)15-8-10-2-6-12(14)7-3-10/h2-3,6-7,11,15-16H,4-5,8-9H2,1H3. The van der Waals surface area contributed by atoms with Crippen molar-refractivity contribution < 1.29 is 9.50 Å². The van der Waals surface area contributed by atoms with E-state index in [0.717, 1.165) is 5.56 Å². The lowest BCUT2D eigenvalue weighted by atomic mass is 9.96. The van der Waals surface area contributed by atoms with Crippen LogP contribution in [0.2, 0.25) is 0 Å². The third kappa shape index (κ3) is 2.60. The van der Waals surface area contributed by atoms with E-state index in [4.69, 9.17) is 0 Å². The molecule has 1 aliphatic carbocycles. The Kier molecular flexibility index (Phi) is 3.26. The first kappa shape index (κ1) is 11.6.